The van der Waals surface area contributed by atoms with E-state index >= 15 is 0 Å². The Balaban J connectivity index is 1.95. The van der Waals surface area contributed by atoms with Gasteiger partial charge >= 0.3 is 5.97 Å². The molecule has 0 aromatic heterocycles. The van der Waals surface area contributed by atoms with Gasteiger partial charge in [-0.15, -0.1) is 5.10 Å². The summed E-state index contributed by atoms with van der Waals surface area (Å²) in [5.74, 6) is 0.383. The first-order valence-electron chi connectivity index (χ1n) is 8.15. The summed E-state index contributed by atoms with van der Waals surface area (Å²) in [6.45, 7) is 0.707. The van der Waals surface area contributed by atoms with Crippen molar-refractivity contribution in [1.82, 2.24) is 0 Å². The number of nitrogens with one attached hydrogen (secondary N) is 1. The number of nitrogens with zero attached hydrogens (tertiary/aromatic N) is 2. The number of rotatable bonds is 3. The molecule has 0 spiro atoms. The first-order chi connectivity index (χ1) is 12.2. The van der Waals surface area contributed by atoms with Gasteiger partial charge in [0.15, 0.2) is 0 Å². The largest absolute Gasteiger partial charge is 0.495 e. The highest BCUT2D eigenvalue weighted by atomic mass is 16.5. The third-order valence-corrected chi connectivity index (χ3v) is 4.12. The molecule has 0 atom stereocenters. The van der Waals surface area contributed by atoms with Gasteiger partial charge in [0, 0.05) is 12.2 Å². The zero-order chi connectivity index (χ0) is 17.6. The molecule has 6 heteroatoms. The van der Waals surface area contributed by atoms with Gasteiger partial charge in [0.1, 0.15) is 5.75 Å². The van der Waals surface area contributed by atoms with Gasteiger partial charge in [-0.2, -0.15) is 0 Å². The molecule has 0 saturated carbocycles. The maximum Gasteiger partial charge on any atom is 0.376 e. The summed E-state index contributed by atoms with van der Waals surface area (Å²) < 4.78 is 10.2. The van der Waals surface area contributed by atoms with Gasteiger partial charge in [0.05, 0.1) is 19.9 Å². The van der Waals surface area contributed by atoms with Crippen LogP contribution in [0.2, 0.25) is 0 Å². The second kappa shape index (κ2) is 7.70. The second-order valence-electron chi connectivity index (χ2n) is 5.62. The van der Waals surface area contributed by atoms with Crippen LogP contribution >= 0.6 is 0 Å². The number of fused-ring (bicyclic) bond motifs is 1. The molecule has 2 aromatic carbocycles. The lowest BCUT2D eigenvalue weighted by atomic mass is 10.0. The summed E-state index contributed by atoms with van der Waals surface area (Å²) in [4.78, 5) is 14.2. The normalized spacial score (nSPS) is 13.8. The molecule has 1 aliphatic rings. The summed E-state index contributed by atoms with van der Waals surface area (Å²) in [5.41, 5.74) is 5.79. The number of aryl methyl sites for hydroxylation is 1. The highest BCUT2D eigenvalue weighted by Gasteiger charge is 2.26. The van der Waals surface area contributed by atoms with Gasteiger partial charge in [0.25, 0.3) is 0 Å². The van der Waals surface area contributed by atoms with Crippen molar-refractivity contribution in [2.45, 2.75) is 12.8 Å². The molecule has 25 heavy (non-hydrogen) atoms. The molecule has 6 nitrogen and oxygen atoms in total. The van der Waals surface area contributed by atoms with E-state index in [1.54, 1.807) is 7.11 Å². The van der Waals surface area contributed by atoms with Crippen LogP contribution in [0.25, 0.3) is 0 Å². The molecule has 0 saturated heterocycles. The number of ether oxygens (including phenoxy) is 2. The highest BCUT2D eigenvalue weighted by molar-refractivity contribution is 6.41. The molecule has 0 unspecified atom stereocenters. The predicted molar refractivity (Wildman–Crippen MR) is 98.2 cm³/mol. The fraction of sp³-hybridized carbons (Fsp3) is 0.263. The Hall–Kier alpha value is -3.02. The van der Waals surface area contributed by atoms with E-state index in [1.165, 1.54) is 12.7 Å². The van der Waals surface area contributed by atoms with E-state index in [-0.39, 0.29) is 5.84 Å². The van der Waals surface area contributed by atoms with Crippen molar-refractivity contribution < 1.29 is 14.3 Å². The van der Waals surface area contributed by atoms with Crippen molar-refractivity contribution in [3.05, 3.63) is 54.1 Å². The van der Waals surface area contributed by atoms with E-state index in [1.807, 2.05) is 47.4 Å². The van der Waals surface area contributed by atoms with Gasteiger partial charge in [-0.25, -0.2) is 4.79 Å². The van der Waals surface area contributed by atoms with Crippen LogP contribution in [0.1, 0.15) is 12.0 Å². The number of esters is 1. The molecule has 0 fully saturated rings. The quantitative estimate of drug-likeness (QED) is 0.403. The van der Waals surface area contributed by atoms with Crippen LogP contribution in [0.4, 0.5) is 11.4 Å². The topological polar surface area (TPSA) is 63.2 Å². The molecular formula is C19H21N3O3. The monoisotopic (exact) mass is 339 g/mol. The zero-order valence-electron chi connectivity index (χ0n) is 14.4. The molecule has 0 amide bonds. The molecule has 0 bridgehead atoms. The van der Waals surface area contributed by atoms with Crippen molar-refractivity contribution in [2.75, 3.05) is 31.1 Å². The van der Waals surface area contributed by atoms with Crippen LogP contribution in [-0.2, 0) is 16.0 Å². The molecule has 0 aliphatic carbocycles. The maximum atomic E-state index is 12.3. The lowest BCUT2D eigenvalue weighted by Gasteiger charge is -2.30. The van der Waals surface area contributed by atoms with Gasteiger partial charge in [-0.1, -0.05) is 30.3 Å². The van der Waals surface area contributed by atoms with E-state index in [0.717, 1.165) is 18.5 Å². The van der Waals surface area contributed by atoms with E-state index in [0.29, 0.717) is 18.0 Å². The number of benzene rings is 2. The number of carbonyl (C=O) groups is 1. The van der Waals surface area contributed by atoms with Gasteiger partial charge in [0.2, 0.25) is 5.84 Å². The summed E-state index contributed by atoms with van der Waals surface area (Å²) in [7, 11) is 2.95. The Labute approximate surface area is 147 Å². The number of hydrazone groups is 1. The number of para-hydroxylation sites is 3. The van der Waals surface area contributed by atoms with Crippen molar-refractivity contribution in [3.8, 4) is 5.75 Å². The number of anilines is 2. The zero-order valence-corrected chi connectivity index (χ0v) is 14.4. The van der Waals surface area contributed by atoms with Crippen LogP contribution in [0.15, 0.2) is 53.6 Å². The lowest BCUT2D eigenvalue weighted by Crippen LogP contribution is -2.41. The molecule has 1 heterocycles. The smallest absolute Gasteiger partial charge is 0.376 e. The molecule has 3 rings (SSSR count). The first-order valence-corrected chi connectivity index (χ1v) is 8.15. The Kier molecular flexibility index (Phi) is 5.18. The van der Waals surface area contributed by atoms with Crippen LogP contribution in [-0.4, -0.2) is 32.6 Å². The number of methoxy groups -OCH3 is 2. The number of carbonyl (C=O) groups excluding carboxylic acids is 1. The van der Waals surface area contributed by atoms with Crippen molar-refractivity contribution >= 4 is 23.2 Å². The minimum atomic E-state index is -0.487. The first kappa shape index (κ1) is 16.8. The van der Waals surface area contributed by atoms with Gasteiger partial charge in [-0.3, -0.25) is 5.43 Å². The van der Waals surface area contributed by atoms with E-state index in [4.69, 9.17) is 9.47 Å². The molecular weight excluding hydrogens is 318 g/mol. The summed E-state index contributed by atoms with van der Waals surface area (Å²) >= 11 is 0. The SMILES string of the molecule is COC(=O)/C(=N/Nc1ccccc1OC)N1CCCc2ccccc21. The Morgan fingerprint density at radius 2 is 1.88 bits per heavy atom. The van der Waals surface area contributed by atoms with Crippen molar-refractivity contribution in [2.24, 2.45) is 5.10 Å². The average molecular weight is 339 g/mol. The molecule has 130 valence electrons. The third-order valence-electron chi connectivity index (χ3n) is 4.12. The maximum absolute atomic E-state index is 12.3. The summed E-state index contributed by atoms with van der Waals surface area (Å²) in [5, 5.41) is 4.33. The fourth-order valence-corrected chi connectivity index (χ4v) is 2.91. The lowest BCUT2D eigenvalue weighted by molar-refractivity contribution is -0.132. The standard InChI is InChI=1S/C19H21N3O3/c1-24-17-12-6-4-10-15(17)20-21-18(19(23)25-2)22-13-7-9-14-8-3-5-11-16(14)22/h3-6,8,10-12,20H,7,9,13H2,1-2H3/b21-18-. The molecule has 1 N–H and O–H groups in total. The summed E-state index contributed by atoms with van der Waals surface area (Å²) in [6.07, 6.45) is 1.93. The second-order valence-corrected chi connectivity index (χ2v) is 5.62. The van der Waals surface area contributed by atoms with E-state index in [2.05, 4.69) is 16.6 Å². The average Bonchev–Trinajstić information content (AvgIpc) is 2.68. The Morgan fingerprint density at radius 3 is 2.68 bits per heavy atom. The molecule has 0 radical (unpaired) electrons. The number of amidine groups is 1. The minimum absolute atomic E-state index is 0.223. The van der Waals surface area contributed by atoms with Gasteiger partial charge in [-0.05, 0) is 36.6 Å². The molecule has 1 aliphatic heterocycles. The predicted octanol–water partition coefficient (Wildman–Crippen LogP) is 3.05. The van der Waals surface area contributed by atoms with Crippen LogP contribution < -0.4 is 15.1 Å². The van der Waals surface area contributed by atoms with Crippen LogP contribution in [0.3, 0.4) is 0 Å². The van der Waals surface area contributed by atoms with E-state index in [9.17, 15) is 4.79 Å². The fourth-order valence-electron chi connectivity index (χ4n) is 2.91. The van der Waals surface area contributed by atoms with Crippen molar-refractivity contribution in [3.63, 3.8) is 0 Å². The Bertz CT molecular complexity index is 789. The van der Waals surface area contributed by atoms with E-state index < -0.39 is 5.97 Å². The number of hydrogen-bond acceptors (Lipinski definition) is 5. The minimum Gasteiger partial charge on any atom is -0.495 e. The summed E-state index contributed by atoms with van der Waals surface area (Å²) in [6, 6.07) is 15.4. The highest BCUT2D eigenvalue weighted by Crippen LogP contribution is 2.28. The third kappa shape index (κ3) is 3.57. The number of hydrogen-bond donors (Lipinski definition) is 1. The van der Waals surface area contributed by atoms with Crippen LogP contribution in [0, 0.1) is 0 Å². The Morgan fingerprint density at radius 1 is 1.12 bits per heavy atom. The molecule has 2 aromatic rings. The van der Waals surface area contributed by atoms with Crippen LogP contribution in [0.5, 0.6) is 5.75 Å². The van der Waals surface area contributed by atoms with Gasteiger partial charge < -0.3 is 14.4 Å². The van der Waals surface area contributed by atoms with Crippen molar-refractivity contribution in [1.29, 1.82) is 0 Å².